The number of aliphatic imine (C=N–C) groups is 1. The Labute approximate surface area is 227 Å². The average molecular weight is 533 g/mol. The molecule has 2 aromatic heterocycles. The number of aryl methyl sites for hydroxylation is 1. The molecule has 0 radical (unpaired) electrons. The third-order valence-corrected chi connectivity index (χ3v) is 8.92. The molecule has 5 heterocycles. The number of aromatic amines is 1. The minimum Gasteiger partial charge on any atom is -0.381 e. The summed E-state index contributed by atoms with van der Waals surface area (Å²) in [6.07, 6.45) is 10.3. The van der Waals surface area contributed by atoms with Crippen LogP contribution in [0.3, 0.4) is 0 Å². The highest BCUT2D eigenvalue weighted by Gasteiger charge is 2.39. The van der Waals surface area contributed by atoms with Crippen molar-refractivity contribution >= 4 is 28.8 Å². The smallest absolute Gasteiger partial charge is 0.261 e. The van der Waals surface area contributed by atoms with Gasteiger partial charge in [-0.2, -0.15) is 0 Å². The lowest BCUT2D eigenvalue weighted by atomic mass is 9.94. The zero-order valence-electron chi connectivity index (χ0n) is 22.1. The van der Waals surface area contributed by atoms with Crippen LogP contribution in [-0.2, 0) is 11.2 Å². The van der Waals surface area contributed by atoms with Crippen molar-refractivity contribution in [1.82, 2.24) is 20.1 Å². The second-order valence-corrected chi connectivity index (χ2v) is 12.3. The highest BCUT2D eigenvalue weighted by Crippen LogP contribution is 2.32. The normalized spacial score (nSPS) is 23.5. The molecule has 2 aromatic rings. The maximum atomic E-state index is 13.2. The molecule has 38 heavy (non-hydrogen) atoms. The van der Waals surface area contributed by atoms with Crippen LogP contribution in [-0.4, -0.2) is 77.4 Å². The molecule has 4 aliphatic rings. The lowest BCUT2D eigenvalue weighted by molar-refractivity contribution is -0.124. The fourth-order valence-corrected chi connectivity index (χ4v) is 7.04. The van der Waals surface area contributed by atoms with Crippen molar-refractivity contribution in [3.05, 3.63) is 73.4 Å². The van der Waals surface area contributed by atoms with E-state index in [-0.39, 0.29) is 29.6 Å². The SMILES string of the molecule is Cc1ccc(CC(C)Nc2cc[nH]c(=O)c2C2=NC3C=C4C(=O)N(CCCN5CCCC5)CC4=CC3N2)s1. The van der Waals surface area contributed by atoms with Crippen LogP contribution < -0.4 is 16.2 Å². The van der Waals surface area contributed by atoms with Gasteiger partial charge < -0.3 is 25.4 Å². The van der Waals surface area contributed by atoms with E-state index in [1.165, 1.54) is 35.7 Å². The molecule has 1 amide bonds. The molecular formula is C29H36N6O2S. The zero-order chi connectivity index (χ0) is 26.2. The van der Waals surface area contributed by atoms with Crippen LogP contribution >= 0.6 is 11.3 Å². The number of likely N-dealkylation sites (tertiary alicyclic amines) is 2. The van der Waals surface area contributed by atoms with Gasteiger partial charge in [0.2, 0.25) is 0 Å². The molecule has 0 aromatic carbocycles. The first kappa shape index (κ1) is 25.1. The Morgan fingerprint density at radius 3 is 2.79 bits per heavy atom. The van der Waals surface area contributed by atoms with E-state index in [2.05, 4.69) is 52.6 Å². The van der Waals surface area contributed by atoms with E-state index >= 15 is 0 Å². The van der Waals surface area contributed by atoms with Crippen LogP contribution in [0.5, 0.6) is 0 Å². The molecule has 3 atom stereocenters. The Morgan fingerprint density at radius 2 is 2.00 bits per heavy atom. The fraction of sp³-hybridized carbons (Fsp3) is 0.483. The molecule has 9 heteroatoms. The summed E-state index contributed by atoms with van der Waals surface area (Å²) < 4.78 is 0. The lowest BCUT2D eigenvalue weighted by Gasteiger charge is -2.19. The van der Waals surface area contributed by atoms with Crippen LogP contribution in [0, 0.1) is 6.92 Å². The van der Waals surface area contributed by atoms with Gasteiger partial charge in [0.1, 0.15) is 11.4 Å². The highest BCUT2D eigenvalue weighted by atomic mass is 32.1. The summed E-state index contributed by atoms with van der Waals surface area (Å²) in [4.78, 5) is 40.9. The first-order chi connectivity index (χ1) is 18.4. The summed E-state index contributed by atoms with van der Waals surface area (Å²) in [6.45, 7) is 9.13. The quantitative estimate of drug-likeness (QED) is 0.462. The summed E-state index contributed by atoms with van der Waals surface area (Å²) in [5.41, 5.74) is 2.95. The maximum absolute atomic E-state index is 13.2. The summed E-state index contributed by atoms with van der Waals surface area (Å²) in [5.74, 6) is 0.685. The van der Waals surface area contributed by atoms with E-state index in [1.807, 2.05) is 17.0 Å². The molecular weight excluding hydrogens is 496 g/mol. The van der Waals surface area contributed by atoms with Gasteiger partial charge in [0.25, 0.3) is 11.5 Å². The number of nitrogens with one attached hydrogen (secondary N) is 3. The molecule has 3 aliphatic heterocycles. The van der Waals surface area contributed by atoms with Gasteiger partial charge in [-0.1, -0.05) is 6.08 Å². The van der Waals surface area contributed by atoms with Gasteiger partial charge in [-0.05, 0) is 82.6 Å². The first-order valence-corrected chi connectivity index (χ1v) is 14.6. The van der Waals surface area contributed by atoms with Crippen LogP contribution in [0.15, 0.2) is 57.5 Å². The van der Waals surface area contributed by atoms with Crippen molar-refractivity contribution in [3.8, 4) is 0 Å². The van der Waals surface area contributed by atoms with Crippen LogP contribution in [0.25, 0.3) is 0 Å². The minimum absolute atomic E-state index is 0.0555. The first-order valence-electron chi connectivity index (χ1n) is 13.8. The molecule has 200 valence electrons. The number of carbonyl (C=O) groups excluding carboxylic acids is 1. The number of carbonyl (C=O) groups is 1. The molecule has 6 rings (SSSR count). The van der Waals surface area contributed by atoms with Crippen molar-refractivity contribution in [2.24, 2.45) is 4.99 Å². The summed E-state index contributed by atoms with van der Waals surface area (Å²) >= 11 is 1.80. The molecule has 0 saturated carbocycles. The molecule has 2 saturated heterocycles. The Hall–Kier alpha value is -3.17. The summed E-state index contributed by atoms with van der Waals surface area (Å²) in [6, 6.07) is 6.10. The number of H-pyrrole nitrogens is 1. The number of hydrogen-bond donors (Lipinski definition) is 3. The Kier molecular flexibility index (Phi) is 6.97. The highest BCUT2D eigenvalue weighted by molar-refractivity contribution is 7.11. The molecule has 8 nitrogen and oxygen atoms in total. The molecule has 0 bridgehead atoms. The van der Waals surface area contributed by atoms with Crippen LogP contribution in [0.4, 0.5) is 5.69 Å². The van der Waals surface area contributed by atoms with Crippen LogP contribution in [0.1, 0.15) is 41.5 Å². The number of rotatable bonds is 9. The van der Waals surface area contributed by atoms with E-state index in [1.54, 1.807) is 17.5 Å². The Morgan fingerprint density at radius 1 is 1.16 bits per heavy atom. The number of hydrogen-bond acceptors (Lipinski definition) is 7. The maximum Gasteiger partial charge on any atom is 0.261 e. The van der Waals surface area contributed by atoms with Gasteiger partial charge in [-0.3, -0.25) is 14.6 Å². The Bertz CT molecular complexity index is 1370. The molecule has 3 unspecified atom stereocenters. The number of aromatic nitrogens is 1. The van der Waals surface area contributed by atoms with Crippen molar-refractivity contribution in [2.75, 3.05) is 38.0 Å². The number of nitrogens with zero attached hydrogens (tertiary/aromatic N) is 3. The second kappa shape index (κ2) is 10.5. The van der Waals surface area contributed by atoms with Crippen molar-refractivity contribution < 1.29 is 4.79 Å². The predicted octanol–water partition coefficient (Wildman–Crippen LogP) is 3.07. The van der Waals surface area contributed by atoms with Gasteiger partial charge >= 0.3 is 0 Å². The number of amides is 1. The molecule has 2 fully saturated rings. The minimum atomic E-state index is -0.198. The van der Waals surface area contributed by atoms with Crippen molar-refractivity contribution in [3.63, 3.8) is 0 Å². The molecule has 0 spiro atoms. The van der Waals surface area contributed by atoms with E-state index in [0.717, 1.165) is 42.8 Å². The van der Waals surface area contributed by atoms with E-state index in [9.17, 15) is 9.59 Å². The van der Waals surface area contributed by atoms with Crippen molar-refractivity contribution in [1.29, 1.82) is 0 Å². The average Bonchev–Trinajstić information content (AvgIpc) is 3.67. The predicted molar refractivity (Wildman–Crippen MR) is 153 cm³/mol. The lowest BCUT2D eigenvalue weighted by Crippen LogP contribution is -2.37. The van der Waals surface area contributed by atoms with E-state index < -0.39 is 0 Å². The van der Waals surface area contributed by atoms with Gasteiger partial charge in [-0.15, -0.1) is 11.3 Å². The standard InChI is InChI=1S/C29H36N6O2S/c1-18(14-21-7-6-19(2)38-21)31-23-8-9-30-28(36)26(23)27-32-24-15-20-17-35(13-5-12-34-10-3-4-11-34)29(37)22(20)16-25(24)33-27/h6-9,15-16,18,24-25H,3-5,10-14,17H2,1-2H3,(H,32,33)(H2,30,31,36). The third kappa shape index (κ3) is 5.09. The third-order valence-electron chi connectivity index (χ3n) is 7.90. The van der Waals surface area contributed by atoms with Gasteiger partial charge in [0, 0.05) is 47.1 Å². The number of amidine groups is 1. The van der Waals surface area contributed by atoms with Crippen LogP contribution in [0.2, 0.25) is 0 Å². The summed E-state index contributed by atoms with van der Waals surface area (Å²) in [7, 11) is 0. The number of fused-ring (bicyclic) bond motifs is 2. The topological polar surface area (TPSA) is 92.8 Å². The van der Waals surface area contributed by atoms with Gasteiger partial charge in [-0.25, -0.2) is 0 Å². The fourth-order valence-electron chi connectivity index (χ4n) is 6.03. The van der Waals surface area contributed by atoms with Gasteiger partial charge in [0.05, 0.1) is 17.8 Å². The number of thiophene rings is 1. The number of pyridine rings is 1. The zero-order valence-corrected chi connectivity index (χ0v) is 22.9. The summed E-state index contributed by atoms with van der Waals surface area (Å²) in [5, 5.41) is 7.00. The van der Waals surface area contributed by atoms with E-state index in [0.29, 0.717) is 17.9 Å². The molecule has 1 aliphatic carbocycles. The second-order valence-electron chi connectivity index (χ2n) is 10.9. The monoisotopic (exact) mass is 532 g/mol. The van der Waals surface area contributed by atoms with Gasteiger partial charge in [0.15, 0.2) is 0 Å². The van der Waals surface area contributed by atoms with E-state index in [4.69, 9.17) is 4.99 Å². The van der Waals surface area contributed by atoms with Crippen molar-refractivity contribution in [2.45, 2.75) is 57.7 Å². The Balaban J connectivity index is 1.15. The molecule has 3 N–H and O–H groups in total. The number of anilines is 1. The largest absolute Gasteiger partial charge is 0.381 e.